The molecule has 0 radical (unpaired) electrons. The molecule has 2 aromatic heterocycles. The van der Waals surface area contributed by atoms with E-state index in [0.29, 0.717) is 16.6 Å². The van der Waals surface area contributed by atoms with Crippen molar-refractivity contribution in [2.75, 3.05) is 5.75 Å². The summed E-state index contributed by atoms with van der Waals surface area (Å²) in [6, 6.07) is 5.31. The average Bonchev–Trinajstić information content (AvgIpc) is 2.81. The van der Waals surface area contributed by atoms with Gasteiger partial charge >= 0.3 is 0 Å². The van der Waals surface area contributed by atoms with Crippen LogP contribution in [0.1, 0.15) is 10.5 Å². The van der Waals surface area contributed by atoms with Crippen LogP contribution in [0.4, 0.5) is 0 Å². The van der Waals surface area contributed by atoms with E-state index >= 15 is 0 Å². The first kappa shape index (κ1) is 9.92. The number of aromatic amines is 1. The van der Waals surface area contributed by atoms with Crippen LogP contribution >= 0.6 is 11.8 Å². The first-order valence-corrected chi connectivity index (χ1v) is 5.41. The summed E-state index contributed by atoms with van der Waals surface area (Å²) in [5, 5.41) is 0.623. The second-order valence-electron chi connectivity index (χ2n) is 2.83. The molecule has 1 N–H and O–H groups in total. The largest absolute Gasteiger partial charge is 0.359 e. The van der Waals surface area contributed by atoms with E-state index in [-0.39, 0.29) is 5.78 Å². The van der Waals surface area contributed by atoms with Crippen molar-refractivity contribution < 1.29 is 4.79 Å². The molecule has 0 aliphatic rings. The summed E-state index contributed by atoms with van der Waals surface area (Å²) >= 11 is 1.33. The highest BCUT2D eigenvalue weighted by Crippen LogP contribution is 2.12. The Hall–Kier alpha value is -1.62. The summed E-state index contributed by atoms with van der Waals surface area (Å²) < 4.78 is 0. The number of nitrogens with one attached hydrogen (secondary N) is 1. The van der Waals surface area contributed by atoms with Gasteiger partial charge in [0.15, 0.2) is 10.9 Å². The molecule has 0 aromatic carbocycles. The van der Waals surface area contributed by atoms with Gasteiger partial charge < -0.3 is 4.98 Å². The minimum absolute atomic E-state index is 0.0532. The lowest BCUT2D eigenvalue weighted by molar-refractivity contribution is 0.101. The number of Topliss-reactive ketones (excluding diaryl/α,β-unsaturated/α-hetero) is 1. The Bertz CT molecular complexity index is 427. The number of H-pyrrole nitrogens is 1. The number of carbonyl (C=O) groups excluding carboxylic acids is 1. The molecule has 2 heterocycles. The Morgan fingerprint density at radius 2 is 2.13 bits per heavy atom. The highest BCUT2D eigenvalue weighted by atomic mass is 32.2. The van der Waals surface area contributed by atoms with Crippen molar-refractivity contribution in [2.24, 2.45) is 0 Å². The van der Waals surface area contributed by atoms with Crippen LogP contribution in [0.5, 0.6) is 0 Å². The van der Waals surface area contributed by atoms with Crippen molar-refractivity contribution in [1.29, 1.82) is 0 Å². The van der Waals surface area contributed by atoms with Crippen LogP contribution in [0, 0.1) is 0 Å². The molecule has 2 rings (SSSR count). The van der Waals surface area contributed by atoms with E-state index in [1.54, 1.807) is 36.8 Å². The van der Waals surface area contributed by atoms with E-state index in [1.807, 2.05) is 0 Å². The molecular weight excluding hydrogens is 210 g/mol. The Kier molecular flexibility index (Phi) is 3.14. The molecule has 0 bridgehead atoms. The molecule has 0 spiro atoms. The van der Waals surface area contributed by atoms with E-state index in [1.165, 1.54) is 11.8 Å². The standard InChI is InChI=1S/C10H9N3OS/c14-9(8-3-1-4-11-8)7-15-10-12-5-2-6-13-10/h1-6,11H,7H2. The maximum absolute atomic E-state index is 11.6. The Balaban J connectivity index is 1.92. The molecule has 0 saturated carbocycles. The summed E-state index contributed by atoms with van der Waals surface area (Å²) in [6.45, 7) is 0. The lowest BCUT2D eigenvalue weighted by Gasteiger charge is -1.97. The zero-order chi connectivity index (χ0) is 10.5. The van der Waals surface area contributed by atoms with Gasteiger partial charge in [-0.05, 0) is 18.2 Å². The van der Waals surface area contributed by atoms with Crippen LogP contribution in [0.25, 0.3) is 0 Å². The number of hydrogen-bond acceptors (Lipinski definition) is 4. The summed E-state index contributed by atoms with van der Waals surface area (Å²) in [4.78, 5) is 22.5. The van der Waals surface area contributed by atoms with Crippen LogP contribution in [0.15, 0.2) is 41.9 Å². The molecule has 0 amide bonds. The Morgan fingerprint density at radius 3 is 2.80 bits per heavy atom. The summed E-state index contributed by atoms with van der Waals surface area (Å²) in [5.41, 5.74) is 0.624. The number of carbonyl (C=O) groups is 1. The number of aromatic nitrogens is 3. The normalized spacial score (nSPS) is 10.1. The zero-order valence-electron chi connectivity index (χ0n) is 7.88. The van der Waals surface area contributed by atoms with Gasteiger partial charge in [-0.25, -0.2) is 9.97 Å². The van der Waals surface area contributed by atoms with Gasteiger partial charge in [0, 0.05) is 18.6 Å². The molecule has 5 heteroatoms. The fraction of sp³-hybridized carbons (Fsp3) is 0.100. The van der Waals surface area contributed by atoms with Crippen molar-refractivity contribution in [3.05, 3.63) is 42.5 Å². The smallest absolute Gasteiger partial charge is 0.189 e. The molecule has 0 aliphatic carbocycles. The number of hydrogen-bond donors (Lipinski definition) is 1. The van der Waals surface area contributed by atoms with Crippen molar-refractivity contribution in [2.45, 2.75) is 5.16 Å². The van der Waals surface area contributed by atoms with E-state index in [9.17, 15) is 4.79 Å². The number of ketones is 1. The first-order valence-electron chi connectivity index (χ1n) is 4.42. The molecular formula is C10H9N3OS. The zero-order valence-corrected chi connectivity index (χ0v) is 8.70. The first-order chi connectivity index (χ1) is 7.36. The van der Waals surface area contributed by atoms with Gasteiger partial charge in [0.25, 0.3) is 0 Å². The van der Waals surface area contributed by atoms with Crippen LogP contribution in [-0.2, 0) is 0 Å². The molecule has 15 heavy (non-hydrogen) atoms. The highest BCUT2D eigenvalue weighted by Gasteiger charge is 2.07. The monoisotopic (exact) mass is 219 g/mol. The lowest BCUT2D eigenvalue weighted by atomic mass is 10.3. The van der Waals surface area contributed by atoms with Gasteiger partial charge in [-0.2, -0.15) is 0 Å². The number of rotatable bonds is 4. The molecule has 0 fully saturated rings. The van der Waals surface area contributed by atoms with E-state index in [4.69, 9.17) is 0 Å². The highest BCUT2D eigenvalue weighted by molar-refractivity contribution is 7.99. The molecule has 2 aromatic rings. The Morgan fingerprint density at radius 1 is 1.33 bits per heavy atom. The van der Waals surface area contributed by atoms with Gasteiger partial charge in [0.1, 0.15) is 0 Å². The van der Waals surface area contributed by atoms with Crippen LogP contribution in [-0.4, -0.2) is 26.5 Å². The third-order valence-electron chi connectivity index (χ3n) is 1.77. The molecule has 0 atom stereocenters. The maximum atomic E-state index is 11.6. The van der Waals surface area contributed by atoms with E-state index in [0.717, 1.165) is 0 Å². The van der Waals surface area contributed by atoms with E-state index < -0.39 is 0 Å². The fourth-order valence-electron chi connectivity index (χ4n) is 1.07. The SMILES string of the molecule is O=C(CSc1ncccn1)c1ccc[nH]1. The van der Waals surface area contributed by atoms with Gasteiger partial charge in [-0.1, -0.05) is 11.8 Å². The fourth-order valence-corrected chi connectivity index (χ4v) is 1.76. The maximum Gasteiger partial charge on any atom is 0.189 e. The minimum atomic E-state index is 0.0532. The van der Waals surface area contributed by atoms with Gasteiger partial charge in [0.2, 0.25) is 0 Å². The molecule has 0 unspecified atom stereocenters. The topological polar surface area (TPSA) is 58.6 Å². The second kappa shape index (κ2) is 4.75. The van der Waals surface area contributed by atoms with Crippen LogP contribution in [0.3, 0.4) is 0 Å². The average molecular weight is 219 g/mol. The quantitative estimate of drug-likeness (QED) is 0.484. The van der Waals surface area contributed by atoms with Crippen molar-refractivity contribution in [3.8, 4) is 0 Å². The van der Waals surface area contributed by atoms with Gasteiger partial charge in [-0.15, -0.1) is 0 Å². The van der Waals surface area contributed by atoms with Crippen molar-refractivity contribution in [3.63, 3.8) is 0 Å². The van der Waals surface area contributed by atoms with Crippen LogP contribution in [0.2, 0.25) is 0 Å². The molecule has 0 aliphatic heterocycles. The van der Waals surface area contributed by atoms with Crippen LogP contribution < -0.4 is 0 Å². The predicted octanol–water partition coefficient (Wildman–Crippen LogP) is 1.78. The van der Waals surface area contributed by atoms with Crippen molar-refractivity contribution in [1.82, 2.24) is 15.0 Å². The number of thioether (sulfide) groups is 1. The second-order valence-corrected chi connectivity index (χ2v) is 3.77. The third kappa shape index (κ3) is 2.66. The third-order valence-corrected chi connectivity index (χ3v) is 2.65. The van der Waals surface area contributed by atoms with Gasteiger partial charge in [-0.3, -0.25) is 4.79 Å². The summed E-state index contributed by atoms with van der Waals surface area (Å²) in [6.07, 6.45) is 5.06. The lowest BCUT2D eigenvalue weighted by Crippen LogP contribution is -2.03. The van der Waals surface area contributed by atoms with Gasteiger partial charge in [0.05, 0.1) is 11.4 Å². The molecule has 0 saturated heterocycles. The predicted molar refractivity (Wildman–Crippen MR) is 57.9 cm³/mol. The molecule has 76 valence electrons. The minimum Gasteiger partial charge on any atom is -0.359 e. The summed E-state index contributed by atoms with van der Waals surface area (Å²) in [7, 11) is 0. The number of nitrogens with zero attached hydrogens (tertiary/aromatic N) is 2. The van der Waals surface area contributed by atoms with E-state index in [2.05, 4.69) is 15.0 Å². The van der Waals surface area contributed by atoms with Crippen molar-refractivity contribution >= 4 is 17.5 Å². The Labute approximate surface area is 91.2 Å². The summed E-state index contributed by atoms with van der Waals surface area (Å²) in [5.74, 6) is 0.405. The molecule has 4 nitrogen and oxygen atoms in total.